The molecule has 1 atom stereocenters. The zero-order valence-corrected chi connectivity index (χ0v) is 5.61. The minimum absolute atomic E-state index is 0.0278. The van der Waals surface area contributed by atoms with E-state index in [0.29, 0.717) is 6.42 Å². The molecule has 47 valence electrons. The quantitative estimate of drug-likeness (QED) is 0.545. The second kappa shape index (κ2) is 3.65. The van der Waals surface area contributed by atoms with Crippen molar-refractivity contribution >= 4 is 5.78 Å². The van der Waals surface area contributed by atoms with Crippen LogP contribution in [-0.4, -0.2) is 5.78 Å². The molecule has 0 amide bonds. The number of rotatable bonds is 3. The third-order valence-corrected chi connectivity index (χ3v) is 1.30. The minimum Gasteiger partial charge on any atom is -0.299 e. The Labute approximate surface area is 51.1 Å². The Hall–Kier alpha value is -0.330. The average molecular weight is 113 g/mol. The Morgan fingerprint density at radius 3 is 2.25 bits per heavy atom. The van der Waals surface area contributed by atoms with Crippen molar-refractivity contribution in [1.29, 1.82) is 0 Å². The first-order valence-corrected chi connectivity index (χ1v) is 3.08. The van der Waals surface area contributed by atoms with E-state index < -0.39 is 0 Å². The Bertz CT molecular complexity index is 76.5. The predicted molar refractivity (Wildman–Crippen MR) is 34.4 cm³/mol. The van der Waals surface area contributed by atoms with E-state index in [2.05, 4.69) is 6.92 Å². The molecule has 1 radical (unpaired) electrons. The van der Waals surface area contributed by atoms with Crippen molar-refractivity contribution in [2.24, 2.45) is 5.92 Å². The second-order valence-electron chi connectivity index (χ2n) is 1.93. The molecule has 0 fully saturated rings. The van der Waals surface area contributed by atoms with Gasteiger partial charge in [-0.1, -0.05) is 13.8 Å². The van der Waals surface area contributed by atoms with Gasteiger partial charge in [0.25, 0.3) is 0 Å². The molecule has 0 aromatic carbocycles. The highest BCUT2D eigenvalue weighted by molar-refractivity contribution is 5.81. The van der Waals surface area contributed by atoms with Gasteiger partial charge in [0, 0.05) is 12.3 Å². The average Bonchev–Trinajstić information content (AvgIpc) is 1.84. The number of hydrogen-bond acceptors (Lipinski definition) is 1. The van der Waals surface area contributed by atoms with Crippen LogP contribution in [-0.2, 0) is 4.79 Å². The van der Waals surface area contributed by atoms with Crippen molar-refractivity contribution in [3.8, 4) is 0 Å². The van der Waals surface area contributed by atoms with Gasteiger partial charge in [-0.05, 0) is 13.3 Å². The van der Waals surface area contributed by atoms with Crippen LogP contribution in [0, 0.1) is 12.8 Å². The lowest BCUT2D eigenvalue weighted by Crippen LogP contribution is -2.07. The maximum absolute atomic E-state index is 10.7. The summed E-state index contributed by atoms with van der Waals surface area (Å²) in [6.07, 6.45) is 1.49. The SMILES string of the molecule is [CH2]C(CC)C(=O)CC. The molecular weight excluding hydrogens is 100 g/mol. The van der Waals surface area contributed by atoms with Crippen LogP contribution in [0.25, 0.3) is 0 Å². The molecule has 0 aliphatic carbocycles. The largest absolute Gasteiger partial charge is 0.299 e. The third kappa shape index (κ3) is 2.10. The molecule has 0 bridgehead atoms. The summed E-state index contributed by atoms with van der Waals surface area (Å²) in [5, 5.41) is 0. The summed E-state index contributed by atoms with van der Waals surface area (Å²) in [6.45, 7) is 7.53. The van der Waals surface area contributed by atoms with E-state index in [4.69, 9.17) is 0 Å². The van der Waals surface area contributed by atoms with Crippen molar-refractivity contribution in [1.82, 2.24) is 0 Å². The van der Waals surface area contributed by atoms with E-state index in [0.717, 1.165) is 6.42 Å². The highest BCUT2D eigenvalue weighted by atomic mass is 16.1. The molecule has 1 unspecified atom stereocenters. The monoisotopic (exact) mass is 113 g/mol. The van der Waals surface area contributed by atoms with Crippen LogP contribution in [0.3, 0.4) is 0 Å². The Kier molecular flexibility index (Phi) is 3.49. The van der Waals surface area contributed by atoms with Gasteiger partial charge in [-0.15, -0.1) is 0 Å². The molecule has 0 N–H and O–H groups in total. The summed E-state index contributed by atoms with van der Waals surface area (Å²) in [5.41, 5.74) is 0. The second-order valence-corrected chi connectivity index (χ2v) is 1.93. The van der Waals surface area contributed by atoms with Crippen LogP contribution in [0.15, 0.2) is 0 Å². The zero-order valence-electron chi connectivity index (χ0n) is 5.61. The summed E-state index contributed by atoms with van der Waals surface area (Å²) in [7, 11) is 0. The van der Waals surface area contributed by atoms with E-state index in [9.17, 15) is 4.79 Å². The molecular formula is C7H13O. The third-order valence-electron chi connectivity index (χ3n) is 1.30. The van der Waals surface area contributed by atoms with E-state index >= 15 is 0 Å². The van der Waals surface area contributed by atoms with Crippen molar-refractivity contribution in [2.45, 2.75) is 26.7 Å². The lowest BCUT2D eigenvalue weighted by molar-refractivity contribution is -0.121. The maximum atomic E-state index is 10.7. The fourth-order valence-electron chi connectivity index (χ4n) is 0.516. The van der Waals surface area contributed by atoms with Crippen LogP contribution >= 0.6 is 0 Å². The van der Waals surface area contributed by atoms with Gasteiger partial charge in [0.2, 0.25) is 0 Å². The number of carbonyl (C=O) groups is 1. The van der Waals surface area contributed by atoms with Crippen molar-refractivity contribution in [2.75, 3.05) is 0 Å². The highest BCUT2D eigenvalue weighted by Crippen LogP contribution is 2.02. The molecule has 8 heavy (non-hydrogen) atoms. The molecule has 0 aromatic rings. The van der Waals surface area contributed by atoms with Gasteiger partial charge < -0.3 is 0 Å². The van der Waals surface area contributed by atoms with Crippen LogP contribution in [0.2, 0.25) is 0 Å². The maximum Gasteiger partial charge on any atom is 0.135 e. The summed E-state index contributed by atoms with van der Waals surface area (Å²) in [6, 6.07) is 0. The predicted octanol–water partition coefficient (Wildman–Crippen LogP) is 1.83. The molecule has 0 saturated heterocycles. The fourth-order valence-corrected chi connectivity index (χ4v) is 0.516. The number of hydrogen-bond donors (Lipinski definition) is 0. The minimum atomic E-state index is 0.0278. The number of carbonyl (C=O) groups excluding carboxylic acids is 1. The first-order chi connectivity index (χ1) is 3.72. The molecule has 1 heteroatoms. The Morgan fingerprint density at radius 2 is 2.12 bits per heavy atom. The topological polar surface area (TPSA) is 17.1 Å². The van der Waals surface area contributed by atoms with Crippen LogP contribution in [0.1, 0.15) is 26.7 Å². The van der Waals surface area contributed by atoms with Crippen LogP contribution in [0.4, 0.5) is 0 Å². The van der Waals surface area contributed by atoms with Gasteiger partial charge in [0.1, 0.15) is 5.78 Å². The van der Waals surface area contributed by atoms with Crippen LogP contribution < -0.4 is 0 Å². The Morgan fingerprint density at radius 1 is 1.62 bits per heavy atom. The zero-order chi connectivity index (χ0) is 6.57. The number of Topliss-reactive ketones (excluding diaryl/α,β-unsaturated/α-hetero) is 1. The normalized spacial score (nSPS) is 13.4. The lowest BCUT2D eigenvalue weighted by Gasteiger charge is -2.01. The van der Waals surface area contributed by atoms with Gasteiger partial charge in [-0.3, -0.25) is 4.79 Å². The first-order valence-electron chi connectivity index (χ1n) is 3.08. The molecule has 0 heterocycles. The number of ketones is 1. The standard InChI is InChI=1S/C7H13O/c1-4-6(3)7(8)5-2/h6H,3-5H2,1-2H3. The molecule has 0 saturated carbocycles. The molecule has 0 rings (SSSR count). The Balaban J connectivity index is 3.46. The highest BCUT2D eigenvalue weighted by Gasteiger charge is 2.05. The van der Waals surface area contributed by atoms with Gasteiger partial charge in [0.15, 0.2) is 0 Å². The molecule has 0 aliphatic heterocycles. The summed E-state index contributed by atoms with van der Waals surface area (Å²) < 4.78 is 0. The molecule has 0 spiro atoms. The lowest BCUT2D eigenvalue weighted by atomic mass is 10.0. The van der Waals surface area contributed by atoms with Gasteiger partial charge >= 0.3 is 0 Å². The molecule has 0 aromatic heterocycles. The summed E-state index contributed by atoms with van der Waals surface area (Å²) in [4.78, 5) is 10.7. The molecule has 0 aliphatic rings. The van der Waals surface area contributed by atoms with Crippen molar-refractivity contribution in [3.05, 3.63) is 6.92 Å². The summed E-state index contributed by atoms with van der Waals surface area (Å²) >= 11 is 0. The summed E-state index contributed by atoms with van der Waals surface area (Å²) in [5.74, 6) is 0.299. The van der Waals surface area contributed by atoms with Crippen molar-refractivity contribution in [3.63, 3.8) is 0 Å². The van der Waals surface area contributed by atoms with Crippen LogP contribution in [0.5, 0.6) is 0 Å². The van der Waals surface area contributed by atoms with Gasteiger partial charge in [0.05, 0.1) is 0 Å². The van der Waals surface area contributed by atoms with Gasteiger partial charge in [-0.25, -0.2) is 0 Å². The van der Waals surface area contributed by atoms with E-state index in [-0.39, 0.29) is 11.7 Å². The van der Waals surface area contributed by atoms with Crippen molar-refractivity contribution < 1.29 is 4.79 Å². The van der Waals surface area contributed by atoms with Gasteiger partial charge in [-0.2, -0.15) is 0 Å². The first kappa shape index (κ1) is 7.67. The van der Waals surface area contributed by atoms with E-state index in [1.54, 1.807) is 0 Å². The smallest absolute Gasteiger partial charge is 0.135 e. The molecule has 1 nitrogen and oxygen atoms in total. The van der Waals surface area contributed by atoms with E-state index in [1.165, 1.54) is 0 Å². The fraction of sp³-hybridized carbons (Fsp3) is 0.714. The van der Waals surface area contributed by atoms with E-state index in [1.807, 2.05) is 13.8 Å².